The summed E-state index contributed by atoms with van der Waals surface area (Å²) in [5.41, 5.74) is -0.328. The summed E-state index contributed by atoms with van der Waals surface area (Å²) in [5.74, 6) is -1.87. The summed E-state index contributed by atoms with van der Waals surface area (Å²) in [6.07, 6.45) is -0.956. The summed E-state index contributed by atoms with van der Waals surface area (Å²) < 4.78 is 25.9. The van der Waals surface area contributed by atoms with Crippen LogP contribution in [0.2, 0.25) is 0 Å². The van der Waals surface area contributed by atoms with Crippen LogP contribution in [-0.4, -0.2) is 30.7 Å². The van der Waals surface area contributed by atoms with Gasteiger partial charge in [0.05, 0.1) is 13.2 Å². The van der Waals surface area contributed by atoms with Crippen LogP contribution in [0, 0.1) is 5.16 Å². The maximum atomic E-state index is 11.0. The average Bonchev–Trinajstić information content (AvgIpc) is 2.44. The maximum Gasteiger partial charge on any atom is 0.439 e. The van der Waals surface area contributed by atoms with E-state index in [2.05, 4.69) is 4.99 Å². The minimum absolute atomic E-state index is 0.176. The Kier molecular flexibility index (Phi) is 3.73. The molecule has 1 rings (SSSR count). The summed E-state index contributed by atoms with van der Waals surface area (Å²) in [5, 5.41) is 7.06. The van der Waals surface area contributed by atoms with Crippen LogP contribution in [0.15, 0.2) is 4.99 Å². The molecule has 8 heteroatoms. The van der Waals surface area contributed by atoms with Gasteiger partial charge in [0.2, 0.25) is 13.0 Å². The van der Waals surface area contributed by atoms with Gasteiger partial charge in [-0.3, -0.25) is 4.57 Å². The zero-order valence-electron chi connectivity index (χ0n) is 8.35. The molecule has 1 heterocycles. The lowest BCUT2D eigenvalue weighted by Gasteiger charge is -2.25. The Morgan fingerprint density at radius 1 is 1.47 bits per heavy atom. The Morgan fingerprint density at radius 3 is 2.40 bits per heavy atom. The second-order valence-corrected chi connectivity index (χ2v) is 3.53. The number of nitrogens with zero attached hydrogens (tertiary/aromatic N) is 1. The normalized spacial score (nSPS) is 19.7. The number of ether oxygens (including phenoxy) is 3. The minimum atomic E-state index is -2.59. The summed E-state index contributed by atoms with van der Waals surface area (Å²) in [4.78, 5) is 14.3. The number of carbonyl (C=O) groups excluding carboxylic acids is 1. The van der Waals surface area contributed by atoms with Gasteiger partial charge < -0.3 is 14.2 Å². The molecule has 0 radical (unpaired) electrons. The molecular weight excluding hydrogens is 223 g/mol. The molecule has 0 aliphatic carbocycles. The Hall–Kier alpha value is -1.04. The van der Waals surface area contributed by atoms with E-state index in [-0.39, 0.29) is 18.7 Å². The van der Waals surface area contributed by atoms with Gasteiger partial charge in [-0.25, -0.2) is 9.96 Å². The molecule has 0 saturated heterocycles. The lowest BCUT2D eigenvalue weighted by atomic mass is 10.6. The molecule has 1 aliphatic heterocycles. The van der Waals surface area contributed by atoms with Crippen LogP contribution in [-0.2, 0) is 18.8 Å². The van der Waals surface area contributed by atoms with E-state index in [1.54, 1.807) is 13.8 Å². The lowest BCUT2D eigenvalue weighted by molar-refractivity contribution is -0.297. The molecule has 0 saturated carbocycles. The first kappa shape index (κ1) is 12.0. The lowest BCUT2D eigenvalue weighted by Crippen LogP contribution is -2.42. The fourth-order valence-electron chi connectivity index (χ4n) is 1.12. The molecule has 1 N–H and O–H groups in total. The van der Waals surface area contributed by atoms with Crippen molar-refractivity contribution in [3.63, 3.8) is 0 Å². The van der Waals surface area contributed by atoms with Crippen molar-refractivity contribution in [3.8, 4) is 0 Å². The first-order valence-electron chi connectivity index (χ1n) is 4.34. The highest BCUT2D eigenvalue weighted by atomic mass is 31.1. The van der Waals surface area contributed by atoms with Gasteiger partial charge in [0.25, 0.3) is 0 Å². The smallest absolute Gasteiger partial charge is 0.384 e. The van der Waals surface area contributed by atoms with Crippen molar-refractivity contribution in [3.05, 3.63) is 0 Å². The third-order valence-corrected chi connectivity index (χ3v) is 2.31. The number of aliphatic imine (C=N–C) groups is 1. The van der Waals surface area contributed by atoms with Crippen molar-refractivity contribution in [1.82, 2.24) is 0 Å². The third-order valence-electron chi connectivity index (χ3n) is 1.55. The Balaban J connectivity index is 3.07. The predicted octanol–water partition coefficient (Wildman–Crippen LogP) is 1.85. The number of carbonyl (C=O) groups is 1. The molecule has 0 aromatic rings. The van der Waals surface area contributed by atoms with E-state index >= 15 is 0 Å². The molecule has 7 nitrogen and oxygen atoms in total. The van der Waals surface area contributed by atoms with Crippen LogP contribution in [0.3, 0.4) is 0 Å². The molecule has 1 aliphatic rings. The molecular formula is C7H11N2O5P. The van der Waals surface area contributed by atoms with Crippen molar-refractivity contribution in [2.24, 2.45) is 4.99 Å². The second kappa shape index (κ2) is 4.65. The number of amides is 1. The number of nitrogens with one attached hydrogen (secondary N) is 1. The SMILES string of the molecule is CCOC1(OCC)OC(=O)N=C1P(=N)=O. The molecule has 0 aromatic carbocycles. The van der Waals surface area contributed by atoms with E-state index in [4.69, 9.17) is 19.4 Å². The summed E-state index contributed by atoms with van der Waals surface area (Å²) in [6, 6.07) is 0. The molecule has 0 bridgehead atoms. The van der Waals surface area contributed by atoms with Gasteiger partial charge in [-0.2, -0.15) is 4.99 Å². The van der Waals surface area contributed by atoms with Crippen molar-refractivity contribution in [2.45, 2.75) is 19.8 Å². The highest BCUT2D eigenvalue weighted by molar-refractivity contribution is 7.54. The fourth-order valence-corrected chi connectivity index (χ4v) is 1.71. The largest absolute Gasteiger partial charge is 0.439 e. The third kappa shape index (κ3) is 2.31. The first-order chi connectivity index (χ1) is 7.05. The van der Waals surface area contributed by atoms with Crippen molar-refractivity contribution in [1.29, 1.82) is 5.16 Å². The van der Waals surface area contributed by atoms with Gasteiger partial charge in [0, 0.05) is 0 Å². The summed E-state index contributed by atoms with van der Waals surface area (Å²) >= 11 is 0. The van der Waals surface area contributed by atoms with Gasteiger partial charge in [0.15, 0.2) is 0 Å². The summed E-state index contributed by atoms with van der Waals surface area (Å²) in [6.45, 7) is 3.66. The Morgan fingerprint density at radius 2 is 2.00 bits per heavy atom. The quantitative estimate of drug-likeness (QED) is 0.578. The fraction of sp³-hybridized carbons (Fsp3) is 0.714. The molecule has 0 aromatic heterocycles. The highest BCUT2D eigenvalue weighted by Crippen LogP contribution is 2.32. The van der Waals surface area contributed by atoms with Crippen LogP contribution in [0.1, 0.15) is 13.8 Å². The molecule has 1 atom stereocenters. The van der Waals surface area contributed by atoms with Gasteiger partial charge in [-0.15, -0.1) is 0 Å². The van der Waals surface area contributed by atoms with Crippen molar-refractivity contribution >= 4 is 19.1 Å². The number of hydrogen-bond donors (Lipinski definition) is 1. The maximum absolute atomic E-state index is 11.0. The van der Waals surface area contributed by atoms with Crippen LogP contribution >= 0.6 is 7.59 Å². The van der Waals surface area contributed by atoms with Crippen LogP contribution in [0.4, 0.5) is 4.79 Å². The minimum Gasteiger partial charge on any atom is -0.384 e. The zero-order valence-corrected chi connectivity index (χ0v) is 9.24. The predicted molar refractivity (Wildman–Crippen MR) is 50.2 cm³/mol. The van der Waals surface area contributed by atoms with Gasteiger partial charge in [0.1, 0.15) is 0 Å². The molecule has 15 heavy (non-hydrogen) atoms. The molecule has 84 valence electrons. The van der Waals surface area contributed by atoms with Gasteiger partial charge in [-0.05, 0) is 13.8 Å². The van der Waals surface area contributed by atoms with E-state index in [0.29, 0.717) is 0 Å². The highest BCUT2D eigenvalue weighted by Gasteiger charge is 2.50. The topological polar surface area (TPSA) is 98.0 Å². The average molecular weight is 234 g/mol. The standard InChI is InChI=1S/C7H11N2O5P/c1-3-12-7(13-4-2)5(15(8)11)9-6(10)14-7/h8H,3-4H2,1-2H3. The first-order valence-corrected chi connectivity index (χ1v) is 5.60. The molecule has 1 unspecified atom stereocenters. The zero-order chi connectivity index (χ0) is 11.5. The van der Waals surface area contributed by atoms with Crippen LogP contribution in [0.5, 0.6) is 0 Å². The van der Waals surface area contributed by atoms with E-state index in [0.717, 1.165) is 0 Å². The Labute approximate surface area is 86.7 Å². The van der Waals surface area contributed by atoms with E-state index in [1.165, 1.54) is 0 Å². The number of cyclic esters (lactones) is 1. The summed E-state index contributed by atoms with van der Waals surface area (Å²) in [7, 11) is -2.59. The number of hydrogen-bond acceptors (Lipinski definition) is 6. The van der Waals surface area contributed by atoms with E-state index in [1.807, 2.05) is 0 Å². The van der Waals surface area contributed by atoms with E-state index < -0.39 is 19.7 Å². The Bertz CT molecular complexity index is 348. The number of rotatable bonds is 5. The van der Waals surface area contributed by atoms with E-state index in [9.17, 15) is 9.36 Å². The van der Waals surface area contributed by atoms with Crippen LogP contribution < -0.4 is 0 Å². The molecule has 1 amide bonds. The van der Waals surface area contributed by atoms with Gasteiger partial charge in [-0.1, -0.05) is 0 Å². The van der Waals surface area contributed by atoms with Crippen molar-refractivity contribution < 1.29 is 23.6 Å². The van der Waals surface area contributed by atoms with Crippen LogP contribution in [0.25, 0.3) is 0 Å². The van der Waals surface area contributed by atoms with Crippen molar-refractivity contribution in [2.75, 3.05) is 13.2 Å². The van der Waals surface area contributed by atoms with Gasteiger partial charge >= 0.3 is 12.1 Å². The second-order valence-electron chi connectivity index (χ2n) is 2.52. The molecule has 0 spiro atoms. The molecule has 0 fully saturated rings. The monoisotopic (exact) mass is 234 g/mol.